The zero-order valence-electron chi connectivity index (χ0n) is 13.7. The van der Waals surface area contributed by atoms with Crippen LogP contribution in [0.2, 0.25) is 0 Å². The highest BCUT2D eigenvalue weighted by Gasteiger charge is 1.99. The molecule has 0 spiro atoms. The van der Waals surface area contributed by atoms with E-state index in [1.807, 2.05) is 0 Å². The minimum absolute atomic E-state index is 0.255. The lowest BCUT2D eigenvalue weighted by Crippen LogP contribution is -2.25. The summed E-state index contributed by atoms with van der Waals surface area (Å²) in [5.74, 6) is 0. The van der Waals surface area contributed by atoms with E-state index < -0.39 is 0 Å². The van der Waals surface area contributed by atoms with Gasteiger partial charge in [-0.25, -0.2) is 4.79 Å². The van der Waals surface area contributed by atoms with Crippen LogP contribution in [0.15, 0.2) is 0 Å². The van der Waals surface area contributed by atoms with Gasteiger partial charge in [-0.3, -0.25) is 0 Å². The predicted octanol–water partition coefficient (Wildman–Crippen LogP) is 5.43. The molecule has 3 nitrogen and oxygen atoms in total. The monoisotopic (exact) mass is 285 g/mol. The van der Waals surface area contributed by atoms with Crippen molar-refractivity contribution in [2.24, 2.45) is 0 Å². The number of alkyl carbamates (subject to hydrolysis) is 1. The molecule has 120 valence electrons. The largest absolute Gasteiger partial charge is 0.450 e. The van der Waals surface area contributed by atoms with Gasteiger partial charge in [0.25, 0.3) is 0 Å². The molecule has 0 aliphatic heterocycles. The number of hydrogen-bond donors (Lipinski definition) is 1. The van der Waals surface area contributed by atoms with E-state index in [0.29, 0.717) is 6.61 Å². The van der Waals surface area contributed by atoms with Crippen molar-refractivity contribution >= 4 is 6.09 Å². The second-order valence-corrected chi connectivity index (χ2v) is 5.60. The molecular weight excluding hydrogens is 250 g/mol. The number of nitrogens with one attached hydrogen (secondary N) is 1. The summed E-state index contributed by atoms with van der Waals surface area (Å²) in [5.41, 5.74) is 0. The summed E-state index contributed by atoms with van der Waals surface area (Å²) in [6, 6.07) is 0. The molecule has 0 unspecified atom stereocenters. The fraction of sp³-hybridized carbons (Fsp3) is 0.941. The second kappa shape index (κ2) is 16.3. The SMILES string of the molecule is CCCCCCCCCCCCNC(=O)OCCCC. The summed E-state index contributed by atoms with van der Waals surface area (Å²) in [6.07, 6.45) is 15.0. The van der Waals surface area contributed by atoms with Crippen LogP contribution < -0.4 is 5.32 Å². The normalized spacial score (nSPS) is 10.5. The van der Waals surface area contributed by atoms with Crippen molar-refractivity contribution in [2.45, 2.75) is 90.9 Å². The molecule has 0 rings (SSSR count). The Morgan fingerprint density at radius 3 is 1.80 bits per heavy atom. The van der Waals surface area contributed by atoms with Gasteiger partial charge in [-0.1, -0.05) is 78.1 Å². The van der Waals surface area contributed by atoms with Crippen molar-refractivity contribution in [3.05, 3.63) is 0 Å². The van der Waals surface area contributed by atoms with Gasteiger partial charge in [0, 0.05) is 6.54 Å². The molecule has 20 heavy (non-hydrogen) atoms. The minimum Gasteiger partial charge on any atom is -0.450 e. The predicted molar refractivity (Wildman–Crippen MR) is 86.1 cm³/mol. The van der Waals surface area contributed by atoms with Crippen molar-refractivity contribution in [3.63, 3.8) is 0 Å². The highest BCUT2D eigenvalue weighted by molar-refractivity contribution is 5.66. The van der Waals surface area contributed by atoms with Crippen molar-refractivity contribution in [2.75, 3.05) is 13.2 Å². The first-order valence-electron chi connectivity index (χ1n) is 8.71. The van der Waals surface area contributed by atoms with Crippen LogP contribution in [-0.2, 0) is 4.74 Å². The van der Waals surface area contributed by atoms with Gasteiger partial charge >= 0.3 is 6.09 Å². The fourth-order valence-electron chi connectivity index (χ4n) is 2.16. The summed E-state index contributed by atoms with van der Waals surface area (Å²) in [5, 5.41) is 2.81. The zero-order valence-corrected chi connectivity index (χ0v) is 13.7. The first-order valence-corrected chi connectivity index (χ1v) is 8.71. The van der Waals surface area contributed by atoms with E-state index in [1.165, 1.54) is 57.8 Å². The zero-order chi connectivity index (χ0) is 14.9. The van der Waals surface area contributed by atoms with Crippen molar-refractivity contribution in [1.82, 2.24) is 5.32 Å². The lowest BCUT2D eigenvalue weighted by atomic mass is 10.1. The van der Waals surface area contributed by atoms with Crippen LogP contribution in [0.5, 0.6) is 0 Å². The molecular formula is C17H35NO2. The van der Waals surface area contributed by atoms with Gasteiger partial charge in [0.05, 0.1) is 6.61 Å². The molecule has 0 saturated heterocycles. The summed E-state index contributed by atoms with van der Waals surface area (Å²) in [7, 11) is 0. The highest BCUT2D eigenvalue weighted by atomic mass is 16.5. The van der Waals surface area contributed by atoms with Gasteiger partial charge < -0.3 is 10.1 Å². The molecule has 0 fully saturated rings. The van der Waals surface area contributed by atoms with Crippen LogP contribution in [0.25, 0.3) is 0 Å². The summed E-state index contributed by atoms with van der Waals surface area (Å²) in [6.45, 7) is 5.64. The van der Waals surface area contributed by atoms with Crippen molar-refractivity contribution in [1.29, 1.82) is 0 Å². The van der Waals surface area contributed by atoms with Crippen LogP contribution in [0.4, 0.5) is 4.79 Å². The third kappa shape index (κ3) is 15.3. The van der Waals surface area contributed by atoms with Gasteiger partial charge in [0.1, 0.15) is 0 Å². The third-order valence-electron chi connectivity index (χ3n) is 3.53. The molecule has 0 saturated carbocycles. The molecule has 0 atom stereocenters. The van der Waals surface area contributed by atoms with E-state index in [4.69, 9.17) is 4.74 Å². The van der Waals surface area contributed by atoms with Gasteiger partial charge in [-0.05, 0) is 12.8 Å². The highest BCUT2D eigenvalue weighted by Crippen LogP contribution is 2.10. The molecule has 1 N–H and O–H groups in total. The van der Waals surface area contributed by atoms with E-state index in [0.717, 1.165) is 25.8 Å². The Morgan fingerprint density at radius 1 is 0.750 bits per heavy atom. The number of rotatable bonds is 14. The maximum Gasteiger partial charge on any atom is 0.407 e. The van der Waals surface area contributed by atoms with Crippen LogP contribution in [0, 0.1) is 0 Å². The molecule has 0 aromatic rings. The van der Waals surface area contributed by atoms with E-state index in [2.05, 4.69) is 19.2 Å². The van der Waals surface area contributed by atoms with Crippen molar-refractivity contribution in [3.8, 4) is 0 Å². The molecule has 0 aromatic carbocycles. The number of ether oxygens (including phenoxy) is 1. The Bertz CT molecular complexity index is 207. The Hall–Kier alpha value is -0.730. The Morgan fingerprint density at radius 2 is 1.25 bits per heavy atom. The van der Waals surface area contributed by atoms with Crippen LogP contribution in [0.3, 0.4) is 0 Å². The molecule has 1 amide bonds. The summed E-state index contributed by atoms with van der Waals surface area (Å²) in [4.78, 5) is 11.2. The average Bonchev–Trinajstić information content (AvgIpc) is 2.45. The van der Waals surface area contributed by atoms with Gasteiger partial charge in [0.2, 0.25) is 0 Å². The molecule has 0 heterocycles. The van der Waals surface area contributed by atoms with E-state index >= 15 is 0 Å². The Balaban J connectivity index is 3.07. The Labute approximate surface area is 125 Å². The van der Waals surface area contributed by atoms with Gasteiger partial charge in [-0.15, -0.1) is 0 Å². The molecule has 0 aromatic heterocycles. The van der Waals surface area contributed by atoms with Gasteiger partial charge in [0.15, 0.2) is 0 Å². The van der Waals surface area contributed by atoms with Crippen molar-refractivity contribution < 1.29 is 9.53 Å². The van der Waals surface area contributed by atoms with E-state index in [9.17, 15) is 4.79 Å². The van der Waals surface area contributed by atoms with E-state index in [1.54, 1.807) is 0 Å². The topological polar surface area (TPSA) is 38.3 Å². The number of amides is 1. The summed E-state index contributed by atoms with van der Waals surface area (Å²) >= 11 is 0. The maximum absolute atomic E-state index is 11.2. The first-order chi connectivity index (χ1) is 9.81. The lowest BCUT2D eigenvalue weighted by molar-refractivity contribution is 0.144. The molecule has 0 bridgehead atoms. The van der Waals surface area contributed by atoms with Crippen LogP contribution >= 0.6 is 0 Å². The third-order valence-corrected chi connectivity index (χ3v) is 3.53. The first kappa shape index (κ1) is 19.3. The number of carbonyl (C=O) groups excluding carboxylic acids is 1. The van der Waals surface area contributed by atoms with Crippen LogP contribution in [-0.4, -0.2) is 19.2 Å². The standard InChI is InChI=1S/C17H35NO2/c1-3-5-7-8-9-10-11-12-13-14-15-18-17(19)20-16-6-4-2/h3-16H2,1-2H3,(H,18,19). The summed E-state index contributed by atoms with van der Waals surface area (Å²) < 4.78 is 5.02. The fourth-order valence-corrected chi connectivity index (χ4v) is 2.16. The van der Waals surface area contributed by atoms with E-state index in [-0.39, 0.29) is 6.09 Å². The van der Waals surface area contributed by atoms with Gasteiger partial charge in [-0.2, -0.15) is 0 Å². The smallest absolute Gasteiger partial charge is 0.407 e. The maximum atomic E-state index is 11.2. The molecule has 0 aliphatic rings. The van der Waals surface area contributed by atoms with Crippen LogP contribution in [0.1, 0.15) is 90.9 Å². The second-order valence-electron chi connectivity index (χ2n) is 5.60. The average molecular weight is 285 g/mol. The minimum atomic E-state index is -0.255. The number of hydrogen-bond acceptors (Lipinski definition) is 2. The molecule has 0 radical (unpaired) electrons. The number of unbranched alkanes of at least 4 members (excludes halogenated alkanes) is 10. The number of carbonyl (C=O) groups is 1. The lowest BCUT2D eigenvalue weighted by Gasteiger charge is -2.06. The Kier molecular flexibility index (Phi) is 15.7. The quantitative estimate of drug-likeness (QED) is 0.432. The molecule has 0 aliphatic carbocycles. The molecule has 3 heteroatoms.